The van der Waals surface area contributed by atoms with Gasteiger partial charge >= 0.3 is 5.97 Å². The summed E-state index contributed by atoms with van der Waals surface area (Å²) in [7, 11) is 0. The highest BCUT2D eigenvalue weighted by Gasteiger charge is 2.21. The zero-order valence-electron chi connectivity index (χ0n) is 10.7. The Balaban J connectivity index is 2.90. The van der Waals surface area contributed by atoms with Crippen LogP contribution in [0.1, 0.15) is 28.7 Å². The van der Waals surface area contributed by atoms with Crippen LogP contribution in [0.3, 0.4) is 0 Å². The van der Waals surface area contributed by atoms with E-state index in [4.69, 9.17) is 21.1 Å². The number of H-pyrrole nitrogens is 1. The molecule has 2 N–H and O–H groups in total. The number of ether oxygens (including phenoxy) is 2. The summed E-state index contributed by atoms with van der Waals surface area (Å²) in [6.45, 7) is 5.73. The summed E-state index contributed by atoms with van der Waals surface area (Å²) in [6.07, 6.45) is -0.767. The van der Waals surface area contributed by atoms with Crippen LogP contribution in [0.25, 0.3) is 0 Å². The average molecular weight is 276 g/mol. The number of aromatic nitrogens is 1. The van der Waals surface area contributed by atoms with Gasteiger partial charge in [0.2, 0.25) is 0 Å². The van der Waals surface area contributed by atoms with Crippen molar-refractivity contribution in [1.29, 1.82) is 0 Å². The van der Waals surface area contributed by atoms with Crippen molar-refractivity contribution in [2.45, 2.75) is 26.9 Å². The fraction of sp³-hybridized carbons (Fsp3) is 0.583. The molecule has 0 aliphatic carbocycles. The zero-order valence-corrected chi connectivity index (χ0v) is 11.5. The molecule has 1 aromatic rings. The molecule has 1 unspecified atom stereocenters. The second-order valence-electron chi connectivity index (χ2n) is 3.92. The van der Waals surface area contributed by atoms with E-state index >= 15 is 0 Å². The van der Waals surface area contributed by atoms with Crippen LogP contribution < -0.4 is 4.74 Å². The molecule has 0 aliphatic heterocycles. The molecule has 0 fully saturated rings. The molecule has 0 saturated carbocycles. The SMILES string of the molecule is CCOC(=O)c1[nH]c(C)c(C)c1OCC(O)CCl. The van der Waals surface area contributed by atoms with Gasteiger partial charge in [-0.15, -0.1) is 11.6 Å². The number of carbonyl (C=O) groups excluding carboxylic acids is 1. The molecule has 102 valence electrons. The summed E-state index contributed by atoms with van der Waals surface area (Å²) in [5, 5.41) is 9.37. The highest BCUT2D eigenvalue weighted by molar-refractivity contribution is 6.18. The van der Waals surface area contributed by atoms with Gasteiger partial charge in [0.05, 0.1) is 12.5 Å². The lowest BCUT2D eigenvalue weighted by Gasteiger charge is -2.11. The minimum absolute atomic E-state index is 0.0358. The van der Waals surface area contributed by atoms with Crippen molar-refractivity contribution >= 4 is 17.6 Å². The smallest absolute Gasteiger partial charge is 0.358 e. The highest BCUT2D eigenvalue weighted by atomic mass is 35.5. The summed E-state index contributed by atoms with van der Waals surface area (Å²) < 4.78 is 10.4. The van der Waals surface area contributed by atoms with E-state index < -0.39 is 12.1 Å². The first-order valence-corrected chi connectivity index (χ1v) is 6.27. The van der Waals surface area contributed by atoms with Gasteiger partial charge in [-0.25, -0.2) is 4.79 Å². The van der Waals surface area contributed by atoms with Gasteiger partial charge in [-0.05, 0) is 20.8 Å². The molecule has 0 radical (unpaired) electrons. The van der Waals surface area contributed by atoms with Crippen LogP contribution >= 0.6 is 11.6 Å². The van der Waals surface area contributed by atoms with Gasteiger partial charge in [0.1, 0.15) is 12.7 Å². The summed E-state index contributed by atoms with van der Waals surface area (Å²) in [5.41, 5.74) is 1.92. The van der Waals surface area contributed by atoms with Crippen LogP contribution in [0.4, 0.5) is 0 Å². The summed E-state index contributed by atoms with van der Waals surface area (Å²) in [5.74, 6) is 0.0242. The van der Waals surface area contributed by atoms with Crippen molar-refractivity contribution < 1.29 is 19.4 Å². The predicted octanol–water partition coefficient (Wildman–Crippen LogP) is 1.79. The normalized spacial score (nSPS) is 12.3. The Morgan fingerprint density at radius 1 is 1.50 bits per heavy atom. The van der Waals surface area contributed by atoms with Crippen LogP contribution in [-0.4, -0.2) is 41.3 Å². The van der Waals surface area contributed by atoms with Gasteiger partial charge in [-0.2, -0.15) is 0 Å². The number of hydrogen-bond donors (Lipinski definition) is 2. The first-order chi connectivity index (χ1) is 8.51. The van der Waals surface area contributed by atoms with E-state index in [0.717, 1.165) is 11.3 Å². The Morgan fingerprint density at radius 2 is 2.17 bits per heavy atom. The van der Waals surface area contributed by atoms with E-state index in [0.29, 0.717) is 12.4 Å². The Hall–Kier alpha value is -1.20. The highest BCUT2D eigenvalue weighted by Crippen LogP contribution is 2.27. The van der Waals surface area contributed by atoms with Crippen molar-refractivity contribution in [3.8, 4) is 5.75 Å². The quantitative estimate of drug-likeness (QED) is 0.613. The maximum atomic E-state index is 11.7. The third-order valence-electron chi connectivity index (χ3n) is 2.52. The van der Waals surface area contributed by atoms with Gasteiger partial charge < -0.3 is 19.6 Å². The number of hydrogen-bond acceptors (Lipinski definition) is 4. The molecule has 5 nitrogen and oxygen atoms in total. The van der Waals surface area contributed by atoms with Gasteiger partial charge in [0.15, 0.2) is 11.4 Å². The molecule has 1 heterocycles. The molecule has 0 spiro atoms. The Morgan fingerprint density at radius 3 is 2.72 bits per heavy atom. The topological polar surface area (TPSA) is 71.6 Å². The maximum absolute atomic E-state index is 11.7. The van der Waals surface area contributed by atoms with Crippen LogP contribution in [-0.2, 0) is 4.74 Å². The van der Waals surface area contributed by atoms with Crippen molar-refractivity contribution in [3.63, 3.8) is 0 Å². The number of nitrogens with one attached hydrogen (secondary N) is 1. The van der Waals surface area contributed by atoms with E-state index in [-0.39, 0.29) is 18.2 Å². The van der Waals surface area contributed by atoms with Crippen molar-refractivity contribution in [1.82, 2.24) is 4.98 Å². The monoisotopic (exact) mass is 275 g/mol. The van der Waals surface area contributed by atoms with Gasteiger partial charge in [0.25, 0.3) is 0 Å². The Kier molecular flexibility index (Phi) is 5.50. The molecular formula is C12H18ClNO4. The fourth-order valence-electron chi connectivity index (χ4n) is 1.45. The largest absolute Gasteiger partial charge is 0.488 e. The van der Waals surface area contributed by atoms with Crippen molar-refractivity contribution in [2.24, 2.45) is 0 Å². The molecule has 0 amide bonds. The number of aryl methyl sites for hydroxylation is 1. The zero-order chi connectivity index (χ0) is 13.7. The number of alkyl halides is 1. The number of carbonyl (C=O) groups is 1. The molecule has 0 aromatic carbocycles. The number of halogens is 1. The predicted molar refractivity (Wildman–Crippen MR) is 68.4 cm³/mol. The molecule has 1 atom stereocenters. The molecule has 0 bridgehead atoms. The summed E-state index contributed by atoms with van der Waals surface area (Å²) in [4.78, 5) is 14.6. The minimum Gasteiger partial charge on any atom is -0.488 e. The van der Waals surface area contributed by atoms with Gasteiger partial charge in [-0.3, -0.25) is 0 Å². The molecule has 0 saturated heterocycles. The number of aliphatic hydroxyl groups excluding tert-OH is 1. The van der Waals surface area contributed by atoms with Gasteiger partial charge in [-0.1, -0.05) is 0 Å². The van der Waals surface area contributed by atoms with E-state index in [1.165, 1.54) is 0 Å². The van der Waals surface area contributed by atoms with E-state index in [9.17, 15) is 9.90 Å². The Bertz CT molecular complexity index is 416. The maximum Gasteiger partial charge on any atom is 0.358 e. The Labute approximate surface area is 111 Å². The lowest BCUT2D eigenvalue weighted by molar-refractivity contribution is 0.0511. The molecule has 18 heavy (non-hydrogen) atoms. The molecular weight excluding hydrogens is 258 g/mol. The first-order valence-electron chi connectivity index (χ1n) is 5.74. The van der Waals surface area contributed by atoms with E-state index in [1.54, 1.807) is 6.92 Å². The van der Waals surface area contributed by atoms with Crippen LogP contribution in [0, 0.1) is 13.8 Å². The second kappa shape index (κ2) is 6.66. The van der Waals surface area contributed by atoms with Crippen molar-refractivity contribution in [2.75, 3.05) is 19.1 Å². The molecule has 1 aromatic heterocycles. The third kappa shape index (κ3) is 3.40. The summed E-state index contributed by atoms with van der Waals surface area (Å²) >= 11 is 5.49. The molecule has 0 aliphatic rings. The number of esters is 1. The second-order valence-corrected chi connectivity index (χ2v) is 4.23. The van der Waals surface area contributed by atoms with E-state index in [1.807, 2.05) is 13.8 Å². The summed E-state index contributed by atoms with van der Waals surface area (Å²) in [6, 6.07) is 0. The third-order valence-corrected chi connectivity index (χ3v) is 2.88. The standard InChI is InChI=1S/C12H18ClNO4/c1-4-17-12(16)10-11(7(2)8(3)14-10)18-6-9(15)5-13/h9,14-15H,4-6H2,1-3H3. The van der Waals surface area contributed by atoms with Crippen LogP contribution in [0.2, 0.25) is 0 Å². The number of aromatic amines is 1. The molecule has 6 heteroatoms. The first kappa shape index (κ1) is 14.9. The van der Waals surface area contributed by atoms with E-state index in [2.05, 4.69) is 4.98 Å². The van der Waals surface area contributed by atoms with Crippen molar-refractivity contribution in [3.05, 3.63) is 17.0 Å². The van der Waals surface area contributed by atoms with Crippen LogP contribution in [0.5, 0.6) is 5.75 Å². The number of rotatable bonds is 6. The molecule has 1 rings (SSSR count). The fourth-order valence-corrected chi connectivity index (χ4v) is 1.54. The number of aliphatic hydroxyl groups is 1. The average Bonchev–Trinajstić information content (AvgIpc) is 2.63. The van der Waals surface area contributed by atoms with Crippen LogP contribution in [0.15, 0.2) is 0 Å². The van der Waals surface area contributed by atoms with Gasteiger partial charge in [0, 0.05) is 11.3 Å². The lowest BCUT2D eigenvalue weighted by Crippen LogP contribution is -2.20. The minimum atomic E-state index is -0.767. The lowest BCUT2D eigenvalue weighted by atomic mass is 10.2.